The van der Waals surface area contributed by atoms with Crippen molar-refractivity contribution in [2.45, 2.75) is 49.0 Å². The molecule has 31 heavy (non-hydrogen) atoms. The van der Waals surface area contributed by atoms with E-state index in [0.29, 0.717) is 6.42 Å². The standard InChI is InChI=1S/C26H29NO4/c1-27-21-14-8-7-13-19(21)24-15-9-10-16-26(24,27)25(22(28)30-2,23(29)31-3)17-20(24)18-11-5-4-6-12-18/h4-8,11-14,20H,9-10,15-17H2,1-3H3/t20-,24-,26-/m0/s1. The fourth-order valence-electron chi connectivity index (χ4n) is 7.59. The molecule has 5 nitrogen and oxygen atoms in total. The summed E-state index contributed by atoms with van der Waals surface area (Å²) in [7, 11) is 4.80. The Morgan fingerprint density at radius 2 is 1.52 bits per heavy atom. The fourth-order valence-corrected chi connectivity index (χ4v) is 7.59. The molecule has 3 aliphatic rings. The zero-order valence-electron chi connectivity index (χ0n) is 18.4. The zero-order valence-corrected chi connectivity index (χ0v) is 18.4. The molecule has 2 aliphatic carbocycles. The van der Waals surface area contributed by atoms with Gasteiger partial charge in [0.05, 0.1) is 19.8 Å². The molecule has 5 heteroatoms. The molecule has 0 amide bonds. The summed E-state index contributed by atoms with van der Waals surface area (Å²) in [4.78, 5) is 29.5. The van der Waals surface area contributed by atoms with E-state index in [-0.39, 0.29) is 11.3 Å². The molecule has 0 saturated heterocycles. The molecule has 2 aromatic carbocycles. The predicted molar refractivity (Wildman–Crippen MR) is 118 cm³/mol. The Morgan fingerprint density at radius 1 is 0.903 bits per heavy atom. The second-order valence-corrected chi connectivity index (χ2v) is 9.17. The number of anilines is 1. The number of nitrogens with zero attached hydrogens (tertiary/aromatic N) is 1. The van der Waals surface area contributed by atoms with Gasteiger partial charge in [-0.2, -0.15) is 0 Å². The van der Waals surface area contributed by atoms with Crippen molar-refractivity contribution in [3.8, 4) is 0 Å². The van der Waals surface area contributed by atoms with Gasteiger partial charge in [0.15, 0.2) is 5.41 Å². The van der Waals surface area contributed by atoms with E-state index < -0.39 is 22.9 Å². The number of ether oxygens (including phenoxy) is 2. The van der Waals surface area contributed by atoms with Gasteiger partial charge in [-0.05, 0) is 42.4 Å². The molecule has 0 N–H and O–H groups in total. The van der Waals surface area contributed by atoms with Gasteiger partial charge in [0.1, 0.15) is 0 Å². The molecule has 0 unspecified atom stereocenters. The second-order valence-electron chi connectivity index (χ2n) is 9.17. The van der Waals surface area contributed by atoms with Gasteiger partial charge < -0.3 is 14.4 Å². The van der Waals surface area contributed by atoms with Crippen molar-refractivity contribution in [3.05, 3.63) is 65.7 Å². The molecule has 5 rings (SSSR count). The topological polar surface area (TPSA) is 55.8 Å². The van der Waals surface area contributed by atoms with Crippen molar-refractivity contribution in [1.82, 2.24) is 0 Å². The molecule has 2 fully saturated rings. The van der Waals surface area contributed by atoms with Crippen molar-refractivity contribution in [3.63, 3.8) is 0 Å². The highest BCUT2D eigenvalue weighted by Gasteiger charge is 2.82. The van der Waals surface area contributed by atoms with Crippen LogP contribution in [0.15, 0.2) is 54.6 Å². The highest BCUT2D eigenvalue weighted by molar-refractivity contribution is 6.05. The van der Waals surface area contributed by atoms with E-state index in [1.807, 2.05) is 31.3 Å². The van der Waals surface area contributed by atoms with Crippen LogP contribution in [0.1, 0.15) is 49.1 Å². The Hall–Kier alpha value is -2.82. The van der Waals surface area contributed by atoms with Gasteiger partial charge in [0, 0.05) is 18.2 Å². The number of carbonyl (C=O) groups is 2. The highest BCUT2D eigenvalue weighted by Crippen LogP contribution is 2.75. The Kier molecular flexibility index (Phi) is 4.44. The summed E-state index contributed by atoms with van der Waals surface area (Å²) in [6.45, 7) is 0. The van der Waals surface area contributed by atoms with Gasteiger partial charge in [-0.3, -0.25) is 9.59 Å². The Labute approximate surface area is 183 Å². The number of methoxy groups -OCH3 is 2. The second kappa shape index (κ2) is 6.84. The van der Waals surface area contributed by atoms with Crippen LogP contribution >= 0.6 is 0 Å². The minimum atomic E-state index is -1.40. The van der Waals surface area contributed by atoms with Crippen molar-refractivity contribution in [1.29, 1.82) is 0 Å². The van der Waals surface area contributed by atoms with Crippen molar-refractivity contribution < 1.29 is 19.1 Å². The molecule has 3 atom stereocenters. The van der Waals surface area contributed by atoms with Crippen LogP contribution in [0.4, 0.5) is 5.69 Å². The number of esters is 2. The van der Waals surface area contributed by atoms with Crippen molar-refractivity contribution >= 4 is 17.6 Å². The Bertz CT molecular complexity index is 1020. The lowest BCUT2D eigenvalue weighted by molar-refractivity contribution is -0.175. The van der Waals surface area contributed by atoms with E-state index in [2.05, 4.69) is 35.2 Å². The van der Waals surface area contributed by atoms with Crippen LogP contribution in [0.25, 0.3) is 0 Å². The average Bonchev–Trinajstić information content (AvgIpc) is 3.25. The van der Waals surface area contributed by atoms with Crippen LogP contribution in [0.5, 0.6) is 0 Å². The molecule has 2 saturated carbocycles. The molecule has 0 radical (unpaired) electrons. The SMILES string of the molecule is COC(=O)C1(C(=O)OC)C[C@@H](c2ccccc2)[C@@]23CCCC[C@@]12N(C)c1ccccc13. The average molecular weight is 420 g/mol. The lowest BCUT2D eigenvalue weighted by Crippen LogP contribution is -2.69. The molecule has 1 heterocycles. The third kappa shape index (κ3) is 2.12. The summed E-state index contributed by atoms with van der Waals surface area (Å²) < 4.78 is 10.7. The number of hydrogen-bond acceptors (Lipinski definition) is 5. The maximum Gasteiger partial charge on any atom is 0.325 e. The summed E-state index contributed by atoms with van der Waals surface area (Å²) in [5.74, 6) is -0.967. The smallest absolute Gasteiger partial charge is 0.325 e. The van der Waals surface area contributed by atoms with Crippen LogP contribution in [0.3, 0.4) is 0 Å². The van der Waals surface area contributed by atoms with Crippen molar-refractivity contribution in [2.24, 2.45) is 5.41 Å². The van der Waals surface area contributed by atoms with Crippen LogP contribution in [0.2, 0.25) is 0 Å². The number of para-hydroxylation sites is 1. The third-order valence-electron chi connectivity index (χ3n) is 8.50. The largest absolute Gasteiger partial charge is 0.468 e. The van der Waals surface area contributed by atoms with Gasteiger partial charge in [0.2, 0.25) is 0 Å². The van der Waals surface area contributed by atoms with E-state index in [0.717, 1.165) is 36.9 Å². The summed E-state index contributed by atoms with van der Waals surface area (Å²) >= 11 is 0. The minimum Gasteiger partial charge on any atom is -0.468 e. The third-order valence-corrected chi connectivity index (χ3v) is 8.50. The molecule has 0 spiro atoms. The van der Waals surface area contributed by atoms with Gasteiger partial charge in [-0.25, -0.2) is 0 Å². The first-order valence-corrected chi connectivity index (χ1v) is 11.1. The lowest BCUT2D eigenvalue weighted by atomic mass is 9.53. The molecule has 2 aromatic rings. The monoisotopic (exact) mass is 419 g/mol. The number of likely N-dealkylation sites (N-methyl/N-ethyl adjacent to an activating group) is 1. The van der Waals surface area contributed by atoms with Gasteiger partial charge in [-0.1, -0.05) is 61.4 Å². The first-order valence-electron chi connectivity index (χ1n) is 11.1. The number of carbonyl (C=O) groups excluding carboxylic acids is 2. The normalized spacial score (nSPS) is 30.2. The number of fused-ring (bicyclic) bond motifs is 1. The number of hydrogen-bond donors (Lipinski definition) is 0. The molecule has 1 aliphatic heterocycles. The number of rotatable bonds is 3. The molecular formula is C26H29NO4. The van der Waals surface area contributed by atoms with Gasteiger partial charge >= 0.3 is 11.9 Å². The van der Waals surface area contributed by atoms with Gasteiger partial charge in [-0.15, -0.1) is 0 Å². The minimum absolute atomic E-state index is 0.00157. The first-order chi connectivity index (χ1) is 15.0. The summed E-state index contributed by atoms with van der Waals surface area (Å²) in [6.07, 6.45) is 4.06. The molecule has 0 bridgehead atoms. The van der Waals surface area contributed by atoms with Crippen LogP contribution < -0.4 is 4.90 Å². The molecule has 0 aromatic heterocycles. The van der Waals surface area contributed by atoms with E-state index in [4.69, 9.17) is 9.47 Å². The van der Waals surface area contributed by atoms with Gasteiger partial charge in [0.25, 0.3) is 0 Å². The van der Waals surface area contributed by atoms with E-state index in [1.165, 1.54) is 19.8 Å². The first kappa shape index (κ1) is 20.1. The fraction of sp³-hybridized carbons (Fsp3) is 0.462. The Balaban J connectivity index is 1.90. The zero-order chi connectivity index (χ0) is 21.9. The maximum absolute atomic E-state index is 13.6. The maximum atomic E-state index is 13.6. The Morgan fingerprint density at radius 3 is 2.19 bits per heavy atom. The van der Waals surface area contributed by atoms with Crippen LogP contribution in [-0.4, -0.2) is 38.7 Å². The van der Waals surface area contributed by atoms with E-state index in [1.54, 1.807) is 0 Å². The number of benzene rings is 2. The van der Waals surface area contributed by atoms with Crippen LogP contribution in [0, 0.1) is 5.41 Å². The van der Waals surface area contributed by atoms with E-state index in [9.17, 15) is 9.59 Å². The lowest BCUT2D eigenvalue weighted by Gasteiger charge is -2.55. The van der Waals surface area contributed by atoms with E-state index >= 15 is 0 Å². The summed E-state index contributed by atoms with van der Waals surface area (Å²) in [6, 6.07) is 18.8. The summed E-state index contributed by atoms with van der Waals surface area (Å²) in [5.41, 5.74) is 0.991. The van der Waals surface area contributed by atoms with Crippen LogP contribution in [-0.2, 0) is 24.5 Å². The highest BCUT2D eigenvalue weighted by atomic mass is 16.5. The molecular weight excluding hydrogens is 390 g/mol. The molecule has 162 valence electrons. The quantitative estimate of drug-likeness (QED) is 0.551. The summed E-state index contributed by atoms with van der Waals surface area (Å²) in [5, 5.41) is 0. The van der Waals surface area contributed by atoms with Crippen molar-refractivity contribution in [2.75, 3.05) is 26.2 Å². The predicted octanol–water partition coefficient (Wildman–Crippen LogP) is 4.21.